The third-order valence-corrected chi connectivity index (χ3v) is 5.63. The summed E-state index contributed by atoms with van der Waals surface area (Å²) in [4.78, 5) is 62.8. The van der Waals surface area contributed by atoms with Crippen LogP contribution in [0.3, 0.4) is 0 Å². The van der Waals surface area contributed by atoms with E-state index in [4.69, 9.17) is 18.9 Å². The molecule has 2 bridgehead atoms. The Bertz CT molecular complexity index is 1010. The first-order valence-electron chi connectivity index (χ1n) is 10.1. The van der Waals surface area contributed by atoms with E-state index in [0.29, 0.717) is 0 Å². The second kappa shape index (κ2) is 7.86. The van der Waals surface area contributed by atoms with Crippen molar-refractivity contribution in [2.24, 2.45) is 11.8 Å². The van der Waals surface area contributed by atoms with E-state index in [1.54, 1.807) is 13.0 Å². The fraction of sp³-hybridized carbons (Fsp3) is 0.409. The van der Waals surface area contributed by atoms with Crippen LogP contribution in [0.5, 0.6) is 0 Å². The van der Waals surface area contributed by atoms with Crippen molar-refractivity contribution in [1.82, 2.24) is 0 Å². The maximum atomic E-state index is 13.4. The summed E-state index contributed by atoms with van der Waals surface area (Å²) in [5.41, 5.74) is -1.06. The van der Waals surface area contributed by atoms with E-state index < -0.39 is 59.6 Å². The fourth-order valence-electron chi connectivity index (χ4n) is 4.43. The number of amides is 2. The van der Waals surface area contributed by atoms with E-state index in [9.17, 15) is 24.0 Å². The van der Waals surface area contributed by atoms with Crippen LogP contribution in [0, 0.1) is 11.8 Å². The van der Waals surface area contributed by atoms with Gasteiger partial charge in [-0.3, -0.25) is 19.2 Å². The highest BCUT2D eigenvalue weighted by atomic mass is 16.7. The van der Waals surface area contributed by atoms with Crippen molar-refractivity contribution in [3.8, 4) is 0 Å². The van der Waals surface area contributed by atoms with Gasteiger partial charge in [-0.25, -0.2) is 9.69 Å². The first-order chi connectivity index (χ1) is 15.2. The SMILES string of the molecule is CCOC(=O)c1ccc(N2C(=O)[C@H]3[C@@H](C2=O)[C@]2(C(OC(C)=O)OC(C)=O)C=C[C@H]3O2)cc1. The van der Waals surface area contributed by atoms with Crippen LogP contribution in [0.4, 0.5) is 5.69 Å². The number of anilines is 1. The van der Waals surface area contributed by atoms with Gasteiger partial charge >= 0.3 is 17.9 Å². The Kier molecular flexibility index (Phi) is 5.33. The molecule has 168 valence electrons. The smallest absolute Gasteiger partial charge is 0.338 e. The lowest BCUT2D eigenvalue weighted by Gasteiger charge is -2.34. The van der Waals surface area contributed by atoms with Gasteiger partial charge in [-0.05, 0) is 37.3 Å². The van der Waals surface area contributed by atoms with Gasteiger partial charge in [-0.2, -0.15) is 0 Å². The fourth-order valence-corrected chi connectivity index (χ4v) is 4.43. The van der Waals surface area contributed by atoms with E-state index in [0.717, 1.165) is 18.7 Å². The van der Waals surface area contributed by atoms with Gasteiger partial charge in [0.25, 0.3) is 6.29 Å². The topological polar surface area (TPSA) is 126 Å². The van der Waals surface area contributed by atoms with Gasteiger partial charge in [0.15, 0.2) is 5.60 Å². The third-order valence-electron chi connectivity index (χ3n) is 5.63. The number of benzene rings is 1. The summed E-state index contributed by atoms with van der Waals surface area (Å²) in [5.74, 6) is -5.00. The Morgan fingerprint density at radius 1 is 1.06 bits per heavy atom. The van der Waals surface area contributed by atoms with E-state index >= 15 is 0 Å². The molecule has 0 N–H and O–H groups in total. The first-order valence-corrected chi connectivity index (χ1v) is 10.1. The zero-order valence-electron chi connectivity index (χ0n) is 17.6. The summed E-state index contributed by atoms with van der Waals surface area (Å²) < 4.78 is 21.2. The normalized spacial score (nSPS) is 27.6. The predicted octanol–water partition coefficient (Wildman–Crippen LogP) is 1.13. The van der Waals surface area contributed by atoms with Crippen LogP contribution in [-0.4, -0.2) is 54.3 Å². The minimum Gasteiger partial charge on any atom is -0.462 e. The molecule has 3 aliphatic rings. The highest BCUT2D eigenvalue weighted by Crippen LogP contribution is 2.54. The van der Waals surface area contributed by atoms with Crippen LogP contribution in [0.15, 0.2) is 36.4 Å². The lowest BCUT2D eigenvalue weighted by atomic mass is 9.76. The Labute approximate surface area is 183 Å². The minimum absolute atomic E-state index is 0.218. The highest BCUT2D eigenvalue weighted by Gasteiger charge is 2.72. The standard InChI is InChI=1S/C22H21NO9/c1-4-29-20(28)13-5-7-14(8-6-13)23-18(26)16-15-9-10-22(32-15,17(16)19(23)27)21(30-11(2)24)31-12(3)25/h5-10,15-17,21H,4H2,1-3H3/t15-,16-,17+,22+/m1/s1. The van der Waals surface area contributed by atoms with Gasteiger partial charge in [-0.15, -0.1) is 0 Å². The van der Waals surface area contributed by atoms with Crippen molar-refractivity contribution in [3.63, 3.8) is 0 Å². The second-order valence-corrected chi connectivity index (χ2v) is 7.63. The Morgan fingerprint density at radius 3 is 2.25 bits per heavy atom. The second-order valence-electron chi connectivity index (χ2n) is 7.63. The van der Waals surface area contributed by atoms with Crippen molar-refractivity contribution >= 4 is 35.4 Å². The molecular weight excluding hydrogens is 422 g/mol. The summed E-state index contributed by atoms with van der Waals surface area (Å²) in [6, 6.07) is 5.87. The Balaban J connectivity index is 1.66. The molecule has 4 rings (SSSR count). The highest BCUT2D eigenvalue weighted by molar-refractivity contribution is 6.23. The number of carbonyl (C=O) groups is 5. The monoisotopic (exact) mass is 443 g/mol. The van der Waals surface area contributed by atoms with Gasteiger partial charge < -0.3 is 18.9 Å². The van der Waals surface area contributed by atoms with Crippen LogP contribution < -0.4 is 4.90 Å². The van der Waals surface area contributed by atoms with Gasteiger partial charge in [0.2, 0.25) is 11.8 Å². The molecule has 3 aliphatic heterocycles. The maximum absolute atomic E-state index is 13.4. The molecule has 4 atom stereocenters. The summed E-state index contributed by atoms with van der Waals surface area (Å²) in [7, 11) is 0. The quantitative estimate of drug-likeness (QED) is 0.275. The van der Waals surface area contributed by atoms with Gasteiger partial charge in [0, 0.05) is 13.8 Å². The summed E-state index contributed by atoms with van der Waals surface area (Å²) in [6.45, 7) is 4.17. The number of fused-ring (bicyclic) bond motifs is 5. The third kappa shape index (κ3) is 3.27. The zero-order valence-corrected chi connectivity index (χ0v) is 17.6. The van der Waals surface area contributed by atoms with Gasteiger partial charge in [0.1, 0.15) is 0 Å². The molecule has 0 aliphatic carbocycles. The maximum Gasteiger partial charge on any atom is 0.338 e. The van der Waals surface area contributed by atoms with Crippen molar-refractivity contribution in [2.45, 2.75) is 38.8 Å². The number of esters is 3. The van der Waals surface area contributed by atoms with E-state index in [-0.39, 0.29) is 17.9 Å². The van der Waals surface area contributed by atoms with Crippen LogP contribution >= 0.6 is 0 Å². The molecule has 0 saturated carbocycles. The number of rotatable bonds is 6. The van der Waals surface area contributed by atoms with Crippen LogP contribution in [0.25, 0.3) is 0 Å². The van der Waals surface area contributed by atoms with E-state index in [2.05, 4.69) is 0 Å². The van der Waals surface area contributed by atoms with Crippen LogP contribution in [0.2, 0.25) is 0 Å². The molecule has 0 radical (unpaired) electrons. The molecule has 2 fully saturated rings. The molecule has 0 spiro atoms. The Hall–Kier alpha value is -3.53. The van der Waals surface area contributed by atoms with Gasteiger partial charge in [0.05, 0.1) is 35.8 Å². The van der Waals surface area contributed by atoms with Crippen molar-refractivity contribution in [1.29, 1.82) is 0 Å². The molecule has 2 amide bonds. The molecule has 32 heavy (non-hydrogen) atoms. The summed E-state index contributed by atoms with van der Waals surface area (Å²) in [6.07, 6.45) is 0.832. The molecular formula is C22H21NO9. The molecule has 1 aromatic carbocycles. The average Bonchev–Trinajstić information content (AvgIpc) is 3.38. The molecule has 10 nitrogen and oxygen atoms in total. The first kappa shape index (κ1) is 21.7. The lowest BCUT2D eigenvalue weighted by molar-refractivity contribution is -0.226. The summed E-state index contributed by atoms with van der Waals surface area (Å²) in [5, 5.41) is 0. The lowest BCUT2D eigenvalue weighted by Crippen LogP contribution is -2.52. The van der Waals surface area contributed by atoms with Crippen LogP contribution in [0.1, 0.15) is 31.1 Å². The van der Waals surface area contributed by atoms with Gasteiger partial charge in [-0.1, -0.05) is 6.08 Å². The van der Waals surface area contributed by atoms with E-state index in [1.807, 2.05) is 0 Å². The molecule has 3 heterocycles. The van der Waals surface area contributed by atoms with Crippen molar-refractivity contribution in [3.05, 3.63) is 42.0 Å². The van der Waals surface area contributed by atoms with E-state index in [1.165, 1.54) is 30.3 Å². The number of nitrogens with zero attached hydrogens (tertiary/aromatic N) is 1. The number of hydrogen-bond acceptors (Lipinski definition) is 9. The number of carbonyl (C=O) groups excluding carboxylic acids is 5. The molecule has 2 saturated heterocycles. The van der Waals surface area contributed by atoms with Crippen molar-refractivity contribution < 1.29 is 42.9 Å². The molecule has 1 aromatic rings. The zero-order chi connectivity index (χ0) is 23.2. The number of ether oxygens (including phenoxy) is 4. The largest absolute Gasteiger partial charge is 0.462 e. The average molecular weight is 443 g/mol. The number of imide groups is 1. The van der Waals surface area contributed by atoms with Crippen molar-refractivity contribution in [2.75, 3.05) is 11.5 Å². The Morgan fingerprint density at radius 2 is 1.69 bits per heavy atom. The predicted molar refractivity (Wildman–Crippen MR) is 106 cm³/mol. The molecule has 0 unspecified atom stereocenters. The van der Waals surface area contributed by atoms with Crippen LogP contribution in [-0.2, 0) is 38.1 Å². The summed E-state index contributed by atoms with van der Waals surface area (Å²) >= 11 is 0. The minimum atomic E-state index is -1.61. The molecule has 0 aromatic heterocycles. The molecule has 10 heteroatoms. The number of hydrogen-bond donors (Lipinski definition) is 0.